The highest BCUT2D eigenvalue weighted by Gasteiger charge is 2.40. The Labute approximate surface area is 288 Å². The largest absolute Gasteiger partial charge is 0.458 e. The number of amides is 3. The summed E-state index contributed by atoms with van der Waals surface area (Å²) in [5.41, 5.74) is 1.67. The third-order valence-corrected chi connectivity index (χ3v) is 8.10. The lowest BCUT2D eigenvalue weighted by atomic mass is 9.91. The molecule has 266 valence electrons. The molecule has 0 aliphatic rings. The summed E-state index contributed by atoms with van der Waals surface area (Å²) < 4.78 is 11.3. The zero-order chi connectivity index (χ0) is 36.2. The van der Waals surface area contributed by atoms with Crippen molar-refractivity contribution >= 4 is 23.9 Å². The molecule has 0 spiro atoms. The molecule has 0 aliphatic carbocycles. The number of alkyl carbamates (subject to hydrolysis) is 1. The zero-order valence-electron chi connectivity index (χ0n) is 31.1. The van der Waals surface area contributed by atoms with Crippen LogP contribution in [0, 0.1) is 19.8 Å². The van der Waals surface area contributed by atoms with Crippen LogP contribution in [0.25, 0.3) is 0 Å². The lowest BCUT2D eigenvalue weighted by Gasteiger charge is -2.37. The van der Waals surface area contributed by atoms with Gasteiger partial charge in [-0.25, -0.2) is 9.59 Å². The summed E-state index contributed by atoms with van der Waals surface area (Å²) in [6.07, 6.45) is 2.51. The number of hydrogen-bond acceptors (Lipinski definition) is 6. The number of hydrogen-bond donors (Lipinski definition) is 2. The molecule has 2 N–H and O–H groups in total. The quantitative estimate of drug-likeness (QED) is 0.152. The summed E-state index contributed by atoms with van der Waals surface area (Å²) in [7, 11) is 0. The van der Waals surface area contributed by atoms with Gasteiger partial charge in [-0.2, -0.15) is 0 Å². The van der Waals surface area contributed by atoms with Crippen molar-refractivity contribution in [2.75, 3.05) is 6.54 Å². The van der Waals surface area contributed by atoms with Crippen LogP contribution in [0.2, 0.25) is 0 Å². The maximum Gasteiger partial charge on any atom is 0.408 e. The van der Waals surface area contributed by atoms with E-state index in [0.717, 1.165) is 29.5 Å². The van der Waals surface area contributed by atoms with Gasteiger partial charge in [0.15, 0.2) is 0 Å². The molecule has 0 aromatic heterocycles. The first kappa shape index (κ1) is 40.3. The Kier molecular flexibility index (Phi) is 15.1. The Hall–Kier alpha value is -3.88. The molecule has 4 atom stereocenters. The Bertz CT molecular complexity index is 1340. The minimum atomic E-state index is -1.08. The van der Waals surface area contributed by atoms with Crippen LogP contribution in [0.15, 0.2) is 48.5 Å². The van der Waals surface area contributed by atoms with Gasteiger partial charge in [-0.05, 0) is 90.0 Å². The molecule has 9 nitrogen and oxygen atoms in total. The van der Waals surface area contributed by atoms with Gasteiger partial charge in [0.05, 0.1) is 0 Å². The molecule has 0 heterocycles. The van der Waals surface area contributed by atoms with Crippen molar-refractivity contribution in [2.24, 2.45) is 5.92 Å². The third-order valence-electron chi connectivity index (χ3n) is 8.10. The van der Waals surface area contributed by atoms with E-state index in [-0.39, 0.29) is 24.8 Å². The van der Waals surface area contributed by atoms with E-state index in [1.54, 1.807) is 46.4 Å². The minimum absolute atomic E-state index is 0.209. The molecule has 0 radical (unpaired) electrons. The second-order valence-corrected chi connectivity index (χ2v) is 14.7. The van der Waals surface area contributed by atoms with Crippen molar-refractivity contribution in [3.05, 3.63) is 70.8 Å². The van der Waals surface area contributed by atoms with Gasteiger partial charge in [0.25, 0.3) is 0 Å². The molecule has 0 aliphatic heterocycles. The van der Waals surface area contributed by atoms with Crippen LogP contribution in [0.5, 0.6) is 0 Å². The predicted molar refractivity (Wildman–Crippen MR) is 190 cm³/mol. The monoisotopic (exact) mass is 665 g/mol. The number of ether oxygens (including phenoxy) is 2. The van der Waals surface area contributed by atoms with Gasteiger partial charge in [-0.1, -0.05) is 88.6 Å². The number of rotatable bonds is 15. The van der Waals surface area contributed by atoms with Crippen LogP contribution in [-0.4, -0.2) is 58.6 Å². The van der Waals surface area contributed by atoms with Crippen LogP contribution < -0.4 is 10.6 Å². The fourth-order valence-corrected chi connectivity index (χ4v) is 5.55. The summed E-state index contributed by atoms with van der Waals surface area (Å²) in [6.45, 7) is 20.7. The number of esters is 1. The second kappa shape index (κ2) is 18.0. The van der Waals surface area contributed by atoms with E-state index in [0.29, 0.717) is 18.4 Å². The first-order valence-corrected chi connectivity index (χ1v) is 17.3. The van der Waals surface area contributed by atoms with Crippen molar-refractivity contribution in [1.29, 1.82) is 0 Å². The summed E-state index contributed by atoms with van der Waals surface area (Å²) in [5.74, 6) is -1.70. The van der Waals surface area contributed by atoms with E-state index in [4.69, 9.17) is 9.47 Å². The lowest BCUT2D eigenvalue weighted by molar-refractivity contribution is -0.159. The Morgan fingerprint density at radius 3 is 1.90 bits per heavy atom. The van der Waals surface area contributed by atoms with Gasteiger partial charge in [-0.15, -0.1) is 0 Å². The molecule has 48 heavy (non-hydrogen) atoms. The normalized spacial score (nSPS) is 14.2. The molecular formula is C39H59N3O6. The third kappa shape index (κ3) is 12.6. The SMILES string of the molecule is CCCCCN(C(=O)C(NC(=O)OC(C)(C)C)C(C)CC)C(C(=O)NC(Cc1ccccc1)C(=O)OC(C)(C)C)c1c(C)cccc1C. The maximum atomic E-state index is 14.8. The van der Waals surface area contributed by atoms with E-state index in [9.17, 15) is 19.2 Å². The van der Waals surface area contributed by atoms with E-state index >= 15 is 0 Å². The van der Waals surface area contributed by atoms with Crippen LogP contribution in [-0.2, 0) is 30.3 Å². The molecule has 0 saturated heterocycles. The van der Waals surface area contributed by atoms with Crippen molar-refractivity contribution in [3.63, 3.8) is 0 Å². The Balaban J connectivity index is 2.71. The Morgan fingerprint density at radius 2 is 1.38 bits per heavy atom. The van der Waals surface area contributed by atoms with Crippen molar-refractivity contribution in [3.8, 4) is 0 Å². The van der Waals surface area contributed by atoms with E-state index in [1.807, 2.05) is 76.2 Å². The highest BCUT2D eigenvalue weighted by Crippen LogP contribution is 2.30. The first-order valence-electron chi connectivity index (χ1n) is 17.3. The van der Waals surface area contributed by atoms with Crippen LogP contribution in [0.1, 0.15) is 116 Å². The molecule has 3 amide bonds. The number of nitrogens with one attached hydrogen (secondary N) is 2. The number of carbonyl (C=O) groups is 4. The molecule has 2 aromatic carbocycles. The van der Waals surface area contributed by atoms with Crippen molar-refractivity contribution < 1.29 is 28.7 Å². The first-order chi connectivity index (χ1) is 22.4. The molecular weight excluding hydrogens is 606 g/mol. The molecule has 0 saturated carbocycles. The highest BCUT2D eigenvalue weighted by molar-refractivity contribution is 5.94. The summed E-state index contributed by atoms with van der Waals surface area (Å²) in [6, 6.07) is 12.1. The topological polar surface area (TPSA) is 114 Å². The number of benzene rings is 2. The van der Waals surface area contributed by atoms with Gasteiger partial charge in [0, 0.05) is 13.0 Å². The smallest absolute Gasteiger partial charge is 0.408 e. The average molecular weight is 666 g/mol. The number of unbranched alkanes of at least 4 members (excludes halogenated alkanes) is 2. The molecule has 4 unspecified atom stereocenters. The number of aryl methyl sites for hydroxylation is 2. The second-order valence-electron chi connectivity index (χ2n) is 14.7. The van der Waals surface area contributed by atoms with E-state index < -0.39 is 47.3 Å². The fourth-order valence-electron chi connectivity index (χ4n) is 5.55. The van der Waals surface area contributed by atoms with Crippen molar-refractivity contribution in [2.45, 2.75) is 138 Å². The van der Waals surface area contributed by atoms with E-state index in [2.05, 4.69) is 17.6 Å². The minimum Gasteiger partial charge on any atom is -0.458 e. The molecule has 2 rings (SSSR count). The van der Waals surface area contributed by atoms with Gasteiger partial charge < -0.3 is 25.0 Å². The molecule has 0 bridgehead atoms. The molecule has 0 fully saturated rings. The lowest BCUT2D eigenvalue weighted by Crippen LogP contribution is -2.57. The van der Waals surface area contributed by atoms with Crippen LogP contribution in [0.4, 0.5) is 4.79 Å². The predicted octanol–water partition coefficient (Wildman–Crippen LogP) is 7.37. The summed E-state index contributed by atoms with van der Waals surface area (Å²) >= 11 is 0. The van der Waals surface area contributed by atoms with E-state index in [1.165, 1.54) is 0 Å². The van der Waals surface area contributed by atoms with Gasteiger partial charge in [-0.3, -0.25) is 9.59 Å². The van der Waals surface area contributed by atoms with Crippen molar-refractivity contribution in [1.82, 2.24) is 15.5 Å². The summed E-state index contributed by atoms with van der Waals surface area (Å²) in [5, 5.41) is 5.83. The van der Waals surface area contributed by atoms with Gasteiger partial charge >= 0.3 is 12.1 Å². The summed E-state index contributed by atoms with van der Waals surface area (Å²) in [4.78, 5) is 57.7. The molecule has 9 heteroatoms. The number of nitrogens with zero attached hydrogens (tertiary/aromatic N) is 1. The van der Waals surface area contributed by atoms with Gasteiger partial charge in [0.2, 0.25) is 11.8 Å². The van der Waals surface area contributed by atoms with Crippen LogP contribution >= 0.6 is 0 Å². The Morgan fingerprint density at radius 1 is 0.792 bits per heavy atom. The average Bonchev–Trinajstić information content (AvgIpc) is 2.98. The fraction of sp³-hybridized carbons (Fsp3) is 0.590. The number of carbonyl (C=O) groups excluding carboxylic acids is 4. The van der Waals surface area contributed by atoms with Gasteiger partial charge in [0.1, 0.15) is 29.3 Å². The van der Waals surface area contributed by atoms with Crippen LogP contribution in [0.3, 0.4) is 0 Å². The zero-order valence-corrected chi connectivity index (χ0v) is 31.1. The highest BCUT2D eigenvalue weighted by atomic mass is 16.6. The standard InChI is InChI=1S/C39H59N3O6/c1-12-14-18-24-42(35(44)32(26(3)13-2)41-37(46)48-39(9,10)11)33(31-27(4)20-19-21-28(31)5)34(43)40-30(36(45)47-38(6,7)8)25-29-22-16-15-17-23-29/h15-17,19-23,26,30,32-33H,12-14,18,24-25H2,1-11H3,(H,40,43)(H,41,46). The maximum absolute atomic E-state index is 14.8. The molecule has 2 aromatic rings.